The average molecular weight is 665 g/mol. The smallest absolute Gasteiger partial charge is 0.303 e. The number of hydrogen-bond donors (Lipinski definition) is 5. The van der Waals surface area contributed by atoms with Crippen molar-refractivity contribution in [3.05, 3.63) is 0 Å². The maximum Gasteiger partial charge on any atom is 0.303 e. The van der Waals surface area contributed by atoms with Gasteiger partial charge in [-0.05, 0) is 111 Å². The van der Waals surface area contributed by atoms with Crippen LogP contribution in [0.15, 0.2) is 0 Å². The molecule has 5 N–H and O–H groups in total. The van der Waals surface area contributed by atoms with Crippen LogP contribution in [0.2, 0.25) is 0 Å². The molecule has 0 amide bonds. The zero-order valence-corrected chi connectivity index (χ0v) is 29.6. The first-order chi connectivity index (χ1) is 21.8. The van der Waals surface area contributed by atoms with Gasteiger partial charge < -0.3 is 44.5 Å². The van der Waals surface area contributed by atoms with Gasteiger partial charge in [-0.3, -0.25) is 4.79 Å². The summed E-state index contributed by atoms with van der Waals surface area (Å²) in [5.74, 6) is 0.717. The molecule has 1 unspecified atom stereocenters. The summed E-state index contributed by atoms with van der Waals surface area (Å²) in [7, 11) is 0. The lowest BCUT2D eigenvalue weighted by molar-refractivity contribution is -0.303. The van der Waals surface area contributed by atoms with E-state index in [1.165, 1.54) is 13.3 Å². The molecule has 0 aromatic rings. The molecule has 2 aliphatic heterocycles. The van der Waals surface area contributed by atoms with Gasteiger partial charge >= 0.3 is 5.97 Å². The van der Waals surface area contributed by atoms with Crippen LogP contribution >= 0.6 is 0 Å². The van der Waals surface area contributed by atoms with Gasteiger partial charge in [0, 0.05) is 12.3 Å². The normalized spacial score (nSPS) is 55.4. The minimum Gasteiger partial charge on any atom is -0.457 e. The van der Waals surface area contributed by atoms with E-state index in [0.717, 1.165) is 38.5 Å². The van der Waals surface area contributed by atoms with Crippen LogP contribution in [0.25, 0.3) is 0 Å². The number of aliphatic hydroxyl groups is 5. The minimum absolute atomic E-state index is 0.0683. The lowest BCUT2D eigenvalue weighted by Gasteiger charge is -2.64. The summed E-state index contributed by atoms with van der Waals surface area (Å²) in [5, 5.41) is 54.3. The second kappa shape index (κ2) is 10.8. The van der Waals surface area contributed by atoms with Crippen molar-refractivity contribution in [1.82, 2.24) is 0 Å². The predicted octanol–water partition coefficient (Wildman–Crippen LogP) is 3.33. The summed E-state index contributed by atoms with van der Waals surface area (Å²) in [4.78, 5) is 12.1. The maximum atomic E-state index is 12.5. The van der Waals surface area contributed by atoms with E-state index < -0.39 is 60.6 Å². The van der Waals surface area contributed by atoms with E-state index >= 15 is 0 Å². The Kier molecular flexibility index (Phi) is 7.97. The van der Waals surface area contributed by atoms with E-state index in [9.17, 15) is 30.3 Å². The van der Waals surface area contributed by atoms with Crippen molar-refractivity contribution in [2.24, 2.45) is 50.7 Å². The highest BCUT2D eigenvalue weighted by Gasteiger charge is 2.84. The molecule has 268 valence electrons. The van der Waals surface area contributed by atoms with Crippen molar-refractivity contribution in [3.8, 4) is 0 Å². The van der Waals surface area contributed by atoms with E-state index in [2.05, 4.69) is 34.6 Å². The number of esters is 1. The first kappa shape index (κ1) is 34.6. The molecular formula is C37H60O10. The molecule has 7 rings (SSSR count). The Bertz CT molecular complexity index is 1250. The maximum absolute atomic E-state index is 12.5. The molecule has 10 heteroatoms. The first-order valence-corrected chi connectivity index (χ1v) is 18.3. The molecule has 2 heterocycles. The van der Waals surface area contributed by atoms with E-state index in [1.807, 2.05) is 0 Å². The van der Waals surface area contributed by atoms with Crippen LogP contribution in [0.1, 0.15) is 107 Å². The average Bonchev–Trinajstić information content (AvgIpc) is 3.61. The summed E-state index contributed by atoms with van der Waals surface area (Å²) in [6.07, 6.45) is 0.712. The van der Waals surface area contributed by atoms with Gasteiger partial charge in [0.1, 0.15) is 18.3 Å². The molecule has 17 atom stereocenters. The topological polar surface area (TPSA) is 155 Å². The van der Waals surface area contributed by atoms with E-state index in [0.29, 0.717) is 18.3 Å². The number of carbonyl (C=O) groups excluding carboxylic acids is 1. The van der Waals surface area contributed by atoms with Crippen LogP contribution < -0.4 is 0 Å². The highest BCUT2D eigenvalue weighted by Crippen LogP contribution is 2.89. The number of fused-ring (bicyclic) bond motifs is 4. The van der Waals surface area contributed by atoms with Crippen LogP contribution in [0.3, 0.4) is 0 Å². The second-order valence-corrected chi connectivity index (χ2v) is 18.6. The molecule has 47 heavy (non-hydrogen) atoms. The summed E-state index contributed by atoms with van der Waals surface area (Å²) >= 11 is 0. The number of carbonyl (C=O) groups is 1. The van der Waals surface area contributed by atoms with Gasteiger partial charge in [-0.15, -0.1) is 0 Å². The fraction of sp³-hybridized carbons (Fsp3) is 0.973. The fourth-order valence-corrected chi connectivity index (χ4v) is 13.7. The molecular weight excluding hydrogens is 604 g/mol. The molecule has 0 radical (unpaired) electrons. The Morgan fingerprint density at radius 3 is 2.26 bits per heavy atom. The summed E-state index contributed by atoms with van der Waals surface area (Å²) in [6, 6.07) is 0. The van der Waals surface area contributed by atoms with Crippen LogP contribution in [0.4, 0.5) is 0 Å². The van der Waals surface area contributed by atoms with E-state index in [4.69, 9.17) is 18.9 Å². The molecule has 0 aromatic carbocycles. The molecule has 2 saturated heterocycles. The van der Waals surface area contributed by atoms with Gasteiger partial charge in [0.2, 0.25) is 0 Å². The van der Waals surface area contributed by atoms with Crippen LogP contribution in [-0.2, 0) is 23.7 Å². The SMILES string of the molecule is CC(=O)O[C@@H]([C@H]1C[C@@H](C)[C@H]2[C@H](O1)[C@H](O)[C@@]1(C)[C@@H]3CC[C@H]4C(C)(C)[C@@H](O[C@@H]5OC[C@@H](O)[C@H](O)[C@H]5O)CCC45C[C@@]35CC[C@]21C)C(C)(C)O. The van der Waals surface area contributed by atoms with Crippen LogP contribution in [0.5, 0.6) is 0 Å². The Morgan fingerprint density at radius 2 is 1.60 bits per heavy atom. The molecule has 10 nitrogen and oxygen atoms in total. The lowest BCUT2D eigenvalue weighted by atomic mass is 9.41. The quantitative estimate of drug-likeness (QED) is 0.218. The predicted molar refractivity (Wildman–Crippen MR) is 171 cm³/mol. The van der Waals surface area contributed by atoms with Crippen molar-refractivity contribution in [2.45, 2.75) is 167 Å². The van der Waals surface area contributed by atoms with Gasteiger partial charge in [0.15, 0.2) is 12.4 Å². The second-order valence-electron chi connectivity index (χ2n) is 18.6. The molecule has 7 fully saturated rings. The molecule has 7 aliphatic rings. The molecule has 0 aromatic heterocycles. The number of hydrogen-bond acceptors (Lipinski definition) is 10. The van der Waals surface area contributed by atoms with Crippen LogP contribution in [0, 0.1) is 50.7 Å². The fourth-order valence-electron chi connectivity index (χ4n) is 13.7. The zero-order valence-electron chi connectivity index (χ0n) is 29.6. The summed E-state index contributed by atoms with van der Waals surface area (Å²) in [6.45, 7) is 16.2. The summed E-state index contributed by atoms with van der Waals surface area (Å²) in [5.41, 5.74) is -1.61. The third-order valence-electron chi connectivity index (χ3n) is 15.8. The van der Waals surface area contributed by atoms with Gasteiger partial charge in [0.05, 0.1) is 36.6 Å². The van der Waals surface area contributed by atoms with Crippen molar-refractivity contribution in [2.75, 3.05) is 6.61 Å². The van der Waals surface area contributed by atoms with E-state index in [-0.39, 0.29) is 51.6 Å². The van der Waals surface area contributed by atoms with Crippen molar-refractivity contribution in [3.63, 3.8) is 0 Å². The zero-order chi connectivity index (χ0) is 34.3. The van der Waals surface area contributed by atoms with Gasteiger partial charge in [-0.25, -0.2) is 0 Å². The monoisotopic (exact) mass is 664 g/mol. The lowest BCUT2D eigenvalue weighted by Crippen LogP contribution is -2.61. The highest BCUT2D eigenvalue weighted by molar-refractivity contribution is 5.66. The molecule has 2 spiro atoms. The Labute approximate surface area is 279 Å². The third kappa shape index (κ3) is 4.54. The number of aliphatic hydroxyl groups excluding tert-OH is 4. The number of rotatable bonds is 5. The van der Waals surface area contributed by atoms with Gasteiger partial charge in [-0.1, -0.05) is 34.6 Å². The van der Waals surface area contributed by atoms with Crippen LogP contribution in [-0.4, -0.2) is 98.8 Å². The Hall–Kier alpha value is -0.850. The standard InChI is InChI=1S/C37H60O10/c1-18-15-21(30(33(5,6)43)45-19(2)38)46-28-25(18)34(7)13-14-37-17-36(37)12-11-24(47-31-27(41)26(40)20(39)16-44-31)32(3,4)22(36)9-10-23(37)35(34,8)29(28)42/h18,20-31,39-43H,9-17H2,1-8H3/t18-,20-,21-,22+,23+,24+,25+,26+,27-,28+,29+,30+,31+,34-,35-,36?,37+/m1/s1. The number of ether oxygens (including phenoxy) is 4. The first-order valence-electron chi connectivity index (χ1n) is 18.3. The van der Waals surface area contributed by atoms with E-state index in [1.54, 1.807) is 13.8 Å². The van der Waals surface area contributed by atoms with Gasteiger partial charge in [-0.2, -0.15) is 0 Å². The van der Waals surface area contributed by atoms with Crippen molar-refractivity contribution < 1.29 is 49.3 Å². The highest BCUT2D eigenvalue weighted by atomic mass is 16.7. The van der Waals surface area contributed by atoms with Crippen molar-refractivity contribution in [1.29, 1.82) is 0 Å². The Balaban J connectivity index is 1.14. The van der Waals surface area contributed by atoms with Gasteiger partial charge in [0.25, 0.3) is 0 Å². The summed E-state index contributed by atoms with van der Waals surface area (Å²) < 4.78 is 24.6. The minimum atomic E-state index is -1.30. The molecule has 0 bridgehead atoms. The third-order valence-corrected chi connectivity index (χ3v) is 15.8. The molecule has 5 aliphatic carbocycles. The Morgan fingerprint density at radius 1 is 0.936 bits per heavy atom. The largest absolute Gasteiger partial charge is 0.457 e. The molecule has 5 saturated carbocycles. The van der Waals surface area contributed by atoms with Crippen molar-refractivity contribution >= 4 is 5.97 Å².